The largest absolute Gasteiger partial charge is 0.447 e. The van der Waals surface area contributed by atoms with Crippen LogP contribution in [0.5, 0.6) is 0 Å². The number of nitrogens with one attached hydrogen (secondary N) is 1. The second-order valence-corrected chi connectivity index (χ2v) is 2.68. The first-order chi connectivity index (χ1) is 5.74. The summed E-state index contributed by atoms with van der Waals surface area (Å²) in [5.74, 6) is 0. The van der Waals surface area contributed by atoms with Crippen molar-refractivity contribution in [1.29, 1.82) is 0 Å². The van der Waals surface area contributed by atoms with Crippen molar-refractivity contribution in [1.82, 2.24) is 5.32 Å². The van der Waals surface area contributed by atoms with E-state index in [4.69, 9.17) is 0 Å². The van der Waals surface area contributed by atoms with Crippen LogP contribution < -0.4 is 5.32 Å². The van der Waals surface area contributed by atoms with E-state index in [1.165, 1.54) is 0 Å². The zero-order valence-electron chi connectivity index (χ0n) is 6.99. The maximum atomic E-state index is 10.6. The van der Waals surface area contributed by atoms with Gasteiger partial charge in [-0.1, -0.05) is 19.1 Å². The fourth-order valence-corrected chi connectivity index (χ4v) is 0.994. The lowest BCUT2D eigenvalue weighted by atomic mass is 10.1. The van der Waals surface area contributed by atoms with Crippen LogP contribution in [0.4, 0.5) is 4.79 Å². The molecule has 12 heavy (non-hydrogen) atoms. The number of aliphatic hydroxyl groups is 1. The molecule has 0 saturated carbocycles. The number of alkyl carbamates (subject to hydrolysis) is 1. The summed E-state index contributed by atoms with van der Waals surface area (Å²) in [6.07, 6.45) is 3.30. The number of carbonyl (C=O) groups is 1. The summed E-state index contributed by atoms with van der Waals surface area (Å²) in [6.45, 7) is 2.22. The van der Waals surface area contributed by atoms with E-state index in [0.717, 1.165) is 6.42 Å². The highest BCUT2D eigenvalue weighted by Crippen LogP contribution is 2.04. The van der Waals surface area contributed by atoms with Crippen molar-refractivity contribution in [2.75, 3.05) is 6.61 Å². The Morgan fingerprint density at radius 2 is 2.67 bits per heavy atom. The number of allylic oxidation sites excluding steroid dienone is 1. The molecule has 0 aromatic carbocycles. The van der Waals surface area contributed by atoms with E-state index >= 15 is 0 Å². The summed E-state index contributed by atoms with van der Waals surface area (Å²) >= 11 is 0. The zero-order chi connectivity index (χ0) is 8.97. The highest BCUT2D eigenvalue weighted by Gasteiger charge is 2.26. The van der Waals surface area contributed by atoms with Gasteiger partial charge in [0.25, 0.3) is 0 Å². The van der Waals surface area contributed by atoms with Crippen molar-refractivity contribution in [3.05, 3.63) is 12.2 Å². The summed E-state index contributed by atoms with van der Waals surface area (Å²) in [4.78, 5) is 10.6. The summed E-state index contributed by atoms with van der Waals surface area (Å²) in [5, 5.41) is 11.9. The minimum absolute atomic E-state index is 0.244. The molecule has 0 radical (unpaired) electrons. The Kier molecular flexibility index (Phi) is 3.10. The molecule has 2 unspecified atom stereocenters. The molecule has 68 valence electrons. The van der Waals surface area contributed by atoms with Crippen molar-refractivity contribution < 1.29 is 14.6 Å². The first kappa shape index (κ1) is 9.06. The standard InChI is InChI=1S/C8H13NO3/c1-2-3-4-7(10)6-5-12-8(11)9-6/h3-4,6-7,10H,2,5H2,1H3,(H,9,11)/b4-3+. The van der Waals surface area contributed by atoms with Gasteiger partial charge in [0.2, 0.25) is 0 Å². The van der Waals surface area contributed by atoms with Gasteiger partial charge in [0.1, 0.15) is 6.61 Å². The summed E-state index contributed by atoms with van der Waals surface area (Å²) in [5.41, 5.74) is 0. The normalized spacial score (nSPS) is 25.5. The van der Waals surface area contributed by atoms with Gasteiger partial charge in [0.05, 0.1) is 12.1 Å². The average molecular weight is 171 g/mol. The van der Waals surface area contributed by atoms with Gasteiger partial charge in [-0.25, -0.2) is 4.79 Å². The van der Waals surface area contributed by atoms with E-state index < -0.39 is 12.2 Å². The van der Waals surface area contributed by atoms with Gasteiger partial charge in [-0.3, -0.25) is 0 Å². The molecule has 4 heteroatoms. The summed E-state index contributed by atoms with van der Waals surface area (Å²) in [7, 11) is 0. The number of ether oxygens (including phenoxy) is 1. The fraction of sp³-hybridized carbons (Fsp3) is 0.625. The third-order valence-corrected chi connectivity index (χ3v) is 1.68. The van der Waals surface area contributed by atoms with Crippen LogP contribution >= 0.6 is 0 Å². The Morgan fingerprint density at radius 1 is 1.92 bits per heavy atom. The molecule has 1 rings (SSSR count). The van der Waals surface area contributed by atoms with Crippen molar-refractivity contribution in [2.24, 2.45) is 0 Å². The van der Waals surface area contributed by atoms with Gasteiger partial charge in [-0.15, -0.1) is 0 Å². The summed E-state index contributed by atoms with van der Waals surface area (Å²) < 4.78 is 4.62. The van der Waals surface area contributed by atoms with Gasteiger partial charge >= 0.3 is 6.09 Å². The number of carbonyl (C=O) groups excluding carboxylic acids is 1. The SMILES string of the molecule is CC/C=C/C(O)C1COC(=O)N1. The number of aliphatic hydroxyl groups excluding tert-OH is 1. The summed E-state index contributed by atoms with van der Waals surface area (Å²) in [6, 6.07) is -0.291. The molecule has 0 aliphatic carbocycles. The van der Waals surface area contributed by atoms with E-state index in [-0.39, 0.29) is 12.6 Å². The number of rotatable bonds is 3. The molecule has 1 heterocycles. The number of hydrogen-bond donors (Lipinski definition) is 2. The predicted molar refractivity (Wildman–Crippen MR) is 43.7 cm³/mol. The van der Waals surface area contributed by atoms with Crippen LogP contribution in [0.15, 0.2) is 12.2 Å². The molecule has 4 nitrogen and oxygen atoms in total. The molecule has 1 aliphatic heterocycles. The Bertz CT molecular complexity index is 191. The molecule has 2 atom stereocenters. The van der Waals surface area contributed by atoms with Crippen molar-refractivity contribution in [3.63, 3.8) is 0 Å². The van der Waals surface area contributed by atoms with Crippen LogP contribution in [-0.4, -0.2) is 30.0 Å². The minimum Gasteiger partial charge on any atom is -0.447 e. The molecular weight excluding hydrogens is 158 g/mol. The second kappa shape index (κ2) is 4.11. The molecule has 1 aliphatic rings. The van der Waals surface area contributed by atoms with Gasteiger partial charge in [-0.05, 0) is 6.42 Å². The lowest BCUT2D eigenvalue weighted by molar-refractivity contribution is 0.157. The van der Waals surface area contributed by atoms with Crippen LogP contribution in [0.25, 0.3) is 0 Å². The third kappa shape index (κ3) is 2.23. The predicted octanol–water partition coefficient (Wildman–Crippen LogP) is 0.422. The molecule has 1 fully saturated rings. The van der Waals surface area contributed by atoms with Crippen LogP contribution in [0.1, 0.15) is 13.3 Å². The monoisotopic (exact) mass is 171 g/mol. The fourth-order valence-electron chi connectivity index (χ4n) is 0.994. The molecule has 0 aromatic heterocycles. The lowest BCUT2D eigenvalue weighted by Gasteiger charge is -2.10. The van der Waals surface area contributed by atoms with Crippen LogP contribution in [0.2, 0.25) is 0 Å². The molecule has 0 aromatic rings. The maximum Gasteiger partial charge on any atom is 0.407 e. The Morgan fingerprint density at radius 3 is 3.17 bits per heavy atom. The first-order valence-corrected chi connectivity index (χ1v) is 4.02. The van der Waals surface area contributed by atoms with E-state index in [0.29, 0.717) is 0 Å². The molecule has 1 saturated heterocycles. The number of hydrogen-bond acceptors (Lipinski definition) is 3. The molecule has 0 bridgehead atoms. The van der Waals surface area contributed by atoms with E-state index in [9.17, 15) is 9.90 Å². The second-order valence-electron chi connectivity index (χ2n) is 2.68. The number of cyclic esters (lactones) is 1. The van der Waals surface area contributed by atoms with Gasteiger partial charge in [0.15, 0.2) is 0 Å². The lowest BCUT2D eigenvalue weighted by Crippen LogP contribution is -2.36. The topological polar surface area (TPSA) is 58.6 Å². The molecular formula is C8H13NO3. The van der Waals surface area contributed by atoms with Crippen LogP contribution in [0, 0.1) is 0 Å². The van der Waals surface area contributed by atoms with Crippen LogP contribution in [0.3, 0.4) is 0 Å². The Balaban J connectivity index is 2.37. The smallest absolute Gasteiger partial charge is 0.407 e. The minimum atomic E-state index is -0.642. The average Bonchev–Trinajstić information content (AvgIpc) is 2.47. The number of amides is 1. The highest BCUT2D eigenvalue weighted by atomic mass is 16.6. The molecule has 0 spiro atoms. The van der Waals surface area contributed by atoms with Crippen molar-refractivity contribution in [3.8, 4) is 0 Å². The van der Waals surface area contributed by atoms with E-state index in [2.05, 4.69) is 10.1 Å². The van der Waals surface area contributed by atoms with Crippen molar-refractivity contribution in [2.45, 2.75) is 25.5 Å². The van der Waals surface area contributed by atoms with Crippen molar-refractivity contribution >= 4 is 6.09 Å². The quantitative estimate of drug-likeness (QED) is 0.605. The first-order valence-electron chi connectivity index (χ1n) is 4.02. The van der Waals surface area contributed by atoms with Gasteiger partial charge in [0, 0.05) is 0 Å². The Labute approximate surface area is 71.2 Å². The maximum absolute atomic E-state index is 10.6. The van der Waals surface area contributed by atoms with Gasteiger partial charge in [-0.2, -0.15) is 0 Å². The van der Waals surface area contributed by atoms with Crippen LogP contribution in [-0.2, 0) is 4.74 Å². The van der Waals surface area contributed by atoms with E-state index in [1.807, 2.05) is 13.0 Å². The zero-order valence-corrected chi connectivity index (χ0v) is 6.99. The third-order valence-electron chi connectivity index (χ3n) is 1.68. The molecule has 1 amide bonds. The molecule has 2 N–H and O–H groups in total. The Hall–Kier alpha value is -1.03. The highest BCUT2D eigenvalue weighted by molar-refractivity contribution is 5.69. The van der Waals surface area contributed by atoms with Gasteiger partial charge < -0.3 is 15.2 Å². The van der Waals surface area contributed by atoms with E-state index in [1.54, 1.807) is 6.08 Å².